The Morgan fingerprint density at radius 2 is 1.90 bits per heavy atom. The van der Waals surface area contributed by atoms with Crippen LogP contribution in [-0.4, -0.2) is 13.0 Å². The maximum Gasteiger partial charge on any atom is 0.255 e. The lowest BCUT2D eigenvalue weighted by Gasteiger charge is -2.16. The summed E-state index contributed by atoms with van der Waals surface area (Å²) >= 11 is 0. The van der Waals surface area contributed by atoms with E-state index in [9.17, 15) is 9.18 Å². The van der Waals surface area contributed by atoms with Gasteiger partial charge in [-0.25, -0.2) is 4.39 Å². The average Bonchev–Trinajstić information content (AvgIpc) is 2.47. The molecule has 2 aromatic carbocycles. The van der Waals surface area contributed by atoms with Gasteiger partial charge in [0.15, 0.2) is 0 Å². The monoisotopic (exact) mass is 288 g/mol. The Labute approximate surface area is 122 Å². The molecule has 0 aliphatic heterocycles. The number of nitrogens with two attached hydrogens (primary N) is 1. The second kappa shape index (κ2) is 6.26. The van der Waals surface area contributed by atoms with Gasteiger partial charge in [0, 0.05) is 11.8 Å². The molecule has 1 amide bonds. The van der Waals surface area contributed by atoms with E-state index < -0.39 is 0 Å². The number of carbonyl (C=O) groups excluding carboxylic acids is 1. The van der Waals surface area contributed by atoms with Crippen LogP contribution in [0.1, 0.15) is 28.9 Å². The van der Waals surface area contributed by atoms with Crippen LogP contribution >= 0.6 is 0 Å². The van der Waals surface area contributed by atoms with E-state index in [4.69, 9.17) is 10.5 Å². The third kappa shape index (κ3) is 3.51. The van der Waals surface area contributed by atoms with Gasteiger partial charge in [-0.05, 0) is 36.8 Å². The quantitative estimate of drug-likeness (QED) is 0.850. The minimum atomic E-state index is -0.308. The minimum absolute atomic E-state index is 0.250. The molecule has 0 unspecified atom stereocenters. The van der Waals surface area contributed by atoms with E-state index in [2.05, 4.69) is 5.32 Å². The van der Waals surface area contributed by atoms with E-state index >= 15 is 0 Å². The maximum absolute atomic E-state index is 12.9. The molecule has 0 bridgehead atoms. The van der Waals surface area contributed by atoms with Crippen molar-refractivity contribution in [3.63, 3.8) is 0 Å². The van der Waals surface area contributed by atoms with Crippen molar-refractivity contribution >= 4 is 11.6 Å². The van der Waals surface area contributed by atoms with Crippen molar-refractivity contribution < 1.29 is 13.9 Å². The van der Waals surface area contributed by atoms with Gasteiger partial charge in [0.25, 0.3) is 5.91 Å². The lowest BCUT2D eigenvalue weighted by Crippen LogP contribution is -2.27. The van der Waals surface area contributed by atoms with E-state index in [-0.39, 0.29) is 17.8 Å². The molecule has 0 fully saturated rings. The molecule has 0 radical (unpaired) electrons. The molecule has 21 heavy (non-hydrogen) atoms. The summed E-state index contributed by atoms with van der Waals surface area (Å²) < 4.78 is 18.1. The maximum atomic E-state index is 12.9. The molecule has 0 aromatic heterocycles. The third-order valence-electron chi connectivity index (χ3n) is 3.19. The summed E-state index contributed by atoms with van der Waals surface area (Å²) in [5, 5.41) is 2.84. The number of benzene rings is 2. The molecule has 110 valence electrons. The first-order valence-corrected chi connectivity index (χ1v) is 6.51. The van der Waals surface area contributed by atoms with Crippen molar-refractivity contribution in [1.29, 1.82) is 0 Å². The zero-order chi connectivity index (χ0) is 15.4. The molecule has 0 aliphatic carbocycles. The Balaban J connectivity index is 2.16. The van der Waals surface area contributed by atoms with E-state index in [0.717, 1.165) is 5.56 Å². The Bertz CT molecular complexity index is 641. The smallest absolute Gasteiger partial charge is 0.255 e. The molecule has 3 N–H and O–H groups in total. The number of methoxy groups -OCH3 is 1. The Hall–Kier alpha value is -2.56. The SMILES string of the molecule is COc1cc(N)ccc1C(=O)N[C@H](C)c1ccc(F)cc1. The standard InChI is InChI=1S/C16H17FN2O2/c1-10(11-3-5-12(17)6-4-11)19-16(20)14-8-7-13(18)9-15(14)21-2/h3-10H,18H2,1-2H3,(H,19,20)/t10-/m1/s1. The van der Waals surface area contributed by atoms with Gasteiger partial charge in [-0.15, -0.1) is 0 Å². The molecule has 2 aromatic rings. The molecule has 5 heteroatoms. The molecular weight excluding hydrogens is 271 g/mol. The molecule has 4 nitrogen and oxygen atoms in total. The molecule has 0 aliphatic rings. The van der Waals surface area contributed by atoms with Gasteiger partial charge in [-0.3, -0.25) is 4.79 Å². The number of anilines is 1. The summed E-state index contributed by atoms with van der Waals surface area (Å²) in [5.74, 6) is -0.167. The number of amides is 1. The summed E-state index contributed by atoms with van der Waals surface area (Å²) in [7, 11) is 1.48. The largest absolute Gasteiger partial charge is 0.496 e. The first kappa shape index (κ1) is 14.8. The van der Waals surface area contributed by atoms with Crippen molar-refractivity contribution in [1.82, 2.24) is 5.32 Å². The molecule has 2 rings (SSSR count). The van der Waals surface area contributed by atoms with Crippen LogP contribution in [0, 0.1) is 5.82 Å². The van der Waals surface area contributed by atoms with E-state index in [1.807, 2.05) is 6.92 Å². The van der Waals surface area contributed by atoms with Crippen molar-refractivity contribution in [3.05, 3.63) is 59.4 Å². The fraction of sp³-hybridized carbons (Fsp3) is 0.188. The molecule has 0 heterocycles. The van der Waals surface area contributed by atoms with Gasteiger partial charge in [-0.2, -0.15) is 0 Å². The third-order valence-corrected chi connectivity index (χ3v) is 3.19. The summed E-state index contributed by atoms with van der Waals surface area (Å²) in [5.41, 5.74) is 7.41. The number of hydrogen-bond donors (Lipinski definition) is 2. The Kier molecular flexibility index (Phi) is 4.42. The van der Waals surface area contributed by atoms with Crippen LogP contribution in [0.4, 0.5) is 10.1 Å². The molecule has 1 atom stereocenters. The summed E-state index contributed by atoms with van der Waals surface area (Å²) in [6.45, 7) is 1.83. The molecule has 0 spiro atoms. The van der Waals surface area contributed by atoms with Crippen LogP contribution in [0.3, 0.4) is 0 Å². The van der Waals surface area contributed by atoms with E-state index in [1.54, 1.807) is 30.3 Å². The Morgan fingerprint density at radius 1 is 1.24 bits per heavy atom. The van der Waals surface area contributed by atoms with Gasteiger partial charge >= 0.3 is 0 Å². The lowest BCUT2D eigenvalue weighted by atomic mass is 10.1. The van der Waals surface area contributed by atoms with Crippen LogP contribution < -0.4 is 15.8 Å². The van der Waals surface area contributed by atoms with Gasteiger partial charge < -0.3 is 15.8 Å². The number of nitrogens with one attached hydrogen (secondary N) is 1. The number of rotatable bonds is 4. The highest BCUT2D eigenvalue weighted by Crippen LogP contribution is 2.22. The van der Waals surface area contributed by atoms with Gasteiger partial charge in [-0.1, -0.05) is 12.1 Å². The normalized spacial score (nSPS) is 11.8. The van der Waals surface area contributed by atoms with Crippen LogP contribution in [0.25, 0.3) is 0 Å². The van der Waals surface area contributed by atoms with Crippen molar-refractivity contribution in [2.24, 2.45) is 0 Å². The summed E-state index contributed by atoms with van der Waals surface area (Å²) in [6.07, 6.45) is 0. The number of halogens is 1. The van der Waals surface area contributed by atoms with E-state index in [0.29, 0.717) is 17.0 Å². The molecular formula is C16H17FN2O2. The summed E-state index contributed by atoms with van der Waals surface area (Å²) in [6, 6.07) is 10.6. The highest BCUT2D eigenvalue weighted by Gasteiger charge is 2.15. The number of hydrogen-bond acceptors (Lipinski definition) is 3. The van der Waals surface area contributed by atoms with Gasteiger partial charge in [0.05, 0.1) is 18.7 Å². The highest BCUT2D eigenvalue weighted by atomic mass is 19.1. The van der Waals surface area contributed by atoms with Crippen molar-refractivity contribution in [2.45, 2.75) is 13.0 Å². The predicted molar refractivity (Wildman–Crippen MR) is 79.7 cm³/mol. The van der Waals surface area contributed by atoms with Crippen LogP contribution in [0.5, 0.6) is 5.75 Å². The second-order valence-electron chi connectivity index (χ2n) is 4.71. The first-order valence-electron chi connectivity index (χ1n) is 6.51. The van der Waals surface area contributed by atoms with Gasteiger partial charge in [0.1, 0.15) is 11.6 Å². The zero-order valence-corrected chi connectivity index (χ0v) is 11.9. The predicted octanol–water partition coefficient (Wildman–Crippen LogP) is 2.91. The summed E-state index contributed by atoms with van der Waals surface area (Å²) in [4.78, 5) is 12.3. The van der Waals surface area contributed by atoms with E-state index in [1.165, 1.54) is 19.2 Å². The highest BCUT2D eigenvalue weighted by molar-refractivity contribution is 5.97. The average molecular weight is 288 g/mol. The van der Waals surface area contributed by atoms with Crippen LogP contribution in [0.15, 0.2) is 42.5 Å². The van der Waals surface area contributed by atoms with Gasteiger partial charge in [0.2, 0.25) is 0 Å². The number of ether oxygens (including phenoxy) is 1. The number of nitrogen functional groups attached to an aromatic ring is 1. The topological polar surface area (TPSA) is 64.3 Å². The molecule has 0 saturated carbocycles. The molecule has 0 saturated heterocycles. The fourth-order valence-corrected chi connectivity index (χ4v) is 2.00. The van der Waals surface area contributed by atoms with Crippen molar-refractivity contribution in [3.8, 4) is 5.75 Å². The fourth-order valence-electron chi connectivity index (χ4n) is 2.00. The lowest BCUT2D eigenvalue weighted by molar-refractivity contribution is 0.0937. The minimum Gasteiger partial charge on any atom is -0.496 e. The van der Waals surface area contributed by atoms with Crippen LogP contribution in [-0.2, 0) is 0 Å². The number of carbonyl (C=O) groups is 1. The van der Waals surface area contributed by atoms with Crippen LogP contribution in [0.2, 0.25) is 0 Å². The zero-order valence-electron chi connectivity index (χ0n) is 11.9. The van der Waals surface area contributed by atoms with Crippen molar-refractivity contribution in [2.75, 3.05) is 12.8 Å². The first-order chi connectivity index (χ1) is 10.0. The Morgan fingerprint density at radius 3 is 2.52 bits per heavy atom. The second-order valence-corrected chi connectivity index (χ2v) is 4.71.